The monoisotopic (exact) mass is 166 g/mol. The second-order valence-corrected chi connectivity index (χ2v) is 2.88. The Bertz CT molecular complexity index is 207. The Labute approximate surface area is 73.1 Å². The molecule has 1 N–H and O–H groups in total. The average Bonchev–Trinajstić information content (AvgIpc) is 2.09. The molecule has 1 unspecified atom stereocenters. The van der Waals surface area contributed by atoms with E-state index in [4.69, 9.17) is 6.42 Å². The predicted octanol–water partition coefficient (Wildman–Crippen LogP) is -0.170. The van der Waals surface area contributed by atoms with Crippen LogP contribution in [-0.2, 0) is 4.79 Å². The summed E-state index contributed by atoms with van der Waals surface area (Å²) in [6, 6.07) is -0.0212. The smallest absolute Gasteiger partial charge is 0.240 e. The molecule has 1 fully saturated rings. The minimum atomic E-state index is -0.0212. The van der Waals surface area contributed by atoms with E-state index in [2.05, 4.69) is 11.2 Å². The Morgan fingerprint density at radius 3 is 3.17 bits per heavy atom. The lowest BCUT2D eigenvalue weighted by Crippen LogP contribution is -2.54. The van der Waals surface area contributed by atoms with Crippen molar-refractivity contribution < 1.29 is 4.79 Å². The quantitative estimate of drug-likeness (QED) is 0.578. The topological polar surface area (TPSA) is 32.3 Å². The van der Waals surface area contributed by atoms with E-state index in [-0.39, 0.29) is 11.9 Å². The molecule has 0 aromatic carbocycles. The van der Waals surface area contributed by atoms with Crippen LogP contribution in [0.4, 0.5) is 0 Å². The maximum atomic E-state index is 11.5. The van der Waals surface area contributed by atoms with Gasteiger partial charge in [0.25, 0.3) is 0 Å². The third kappa shape index (κ3) is 1.77. The molecule has 0 aliphatic carbocycles. The van der Waals surface area contributed by atoms with Crippen LogP contribution in [0.1, 0.15) is 13.3 Å². The summed E-state index contributed by atoms with van der Waals surface area (Å²) in [6.45, 7) is 4.03. The molecule has 3 nitrogen and oxygen atoms in total. The van der Waals surface area contributed by atoms with Crippen LogP contribution in [0.5, 0.6) is 0 Å². The number of carbonyl (C=O) groups excluding carboxylic acids is 1. The van der Waals surface area contributed by atoms with Crippen molar-refractivity contribution in [1.82, 2.24) is 10.2 Å². The van der Waals surface area contributed by atoms with Crippen molar-refractivity contribution >= 4 is 5.91 Å². The maximum absolute atomic E-state index is 11.5. The highest BCUT2D eigenvalue weighted by molar-refractivity contribution is 5.82. The zero-order chi connectivity index (χ0) is 8.97. The summed E-state index contributed by atoms with van der Waals surface area (Å²) in [5.74, 6) is 2.63. The molecule has 1 rings (SSSR count). The van der Waals surface area contributed by atoms with E-state index in [0.29, 0.717) is 6.54 Å². The number of amides is 1. The average molecular weight is 166 g/mol. The zero-order valence-electron chi connectivity index (χ0n) is 7.34. The molecule has 1 aliphatic rings. The Balaban J connectivity index is 2.54. The van der Waals surface area contributed by atoms with Crippen LogP contribution in [-0.4, -0.2) is 36.5 Å². The standard InChI is InChI=1S/C9H14N2O/c1-3-6-11-7-5-10-8(4-2)9(11)12/h1,8,10H,4-7H2,2H3. The van der Waals surface area contributed by atoms with Crippen molar-refractivity contribution in [3.63, 3.8) is 0 Å². The lowest BCUT2D eigenvalue weighted by atomic mass is 10.1. The van der Waals surface area contributed by atoms with Gasteiger partial charge in [-0.25, -0.2) is 0 Å². The van der Waals surface area contributed by atoms with Gasteiger partial charge in [0.15, 0.2) is 0 Å². The van der Waals surface area contributed by atoms with E-state index in [9.17, 15) is 4.79 Å². The van der Waals surface area contributed by atoms with E-state index in [1.54, 1.807) is 4.90 Å². The van der Waals surface area contributed by atoms with Gasteiger partial charge in [0.05, 0.1) is 12.6 Å². The highest BCUT2D eigenvalue weighted by Gasteiger charge is 2.25. The third-order valence-corrected chi connectivity index (χ3v) is 2.07. The van der Waals surface area contributed by atoms with Gasteiger partial charge >= 0.3 is 0 Å². The summed E-state index contributed by atoms with van der Waals surface area (Å²) in [4.78, 5) is 13.2. The number of terminal acetylenes is 1. The van der Waals surface area contributed by atoms with Crippen molar-refractivity contribution in [2.75, 3.05) is 19.6 Å². The van der Waals surface area contributed by atoms with Crippen LogP contribution in [0.2, 0.25) is 0 Å². The van der Waals surface area contributed by atoms with Crippen LogP contribution < -0.4 is 5.32 Å². The lowest BCUT2D eigenvalue weighted by molar-refractivity contribution is -0.134. The number of piperazine rings is 1. The molecule has 0 aromatic heterocycles. The Hall–Kier alpha value is -1.01. The Morgan fingerprint density at radius 2 is 2.58 bits per heavy atom. The fourth-order valence-corrected chi connectivity index (χ4v) is 1.38. The number of rotatable bonds is 2. The van der Waals surface area contributed by atoms with Gasteiger partial charge in [0.2, 0.25) is 5.91 Å². The number of nitrogens with zero attached hydrogens (tertiary/aromatic N) is 1. The third-order valence-electron chi connectivity index (χ3n) is 2.07. The van der Waals surface area contributed by atoms with Crippen LogP contribution in [0, 0.1) is 12.3 Å². The summed E-state index contributed by atoms with van der Waals surface area (Å²) in [6.07, 6.45) is 5.98. The number of hydrogen-bond acceptors (Lipinski definition) is 2. The number of carbonyl (C=O) groups is 1. The van der Waals surface area contributed by atoms with Crippen LogP contribution in [0.25, 0.3) is 0 Å². The van der Waals surface area contributed by atoms with Gasteiger partial charge in [-0.1, -0.05) is 12.8 Å². The van der Waals surface area contributed by atoms with Gasteiger partial charge in [-0.2, -0.15) is 0 Å². The molecular formula is C9H14N2O. The predicted molar refractivity (Wildman–Crippen MR) is 47.5 cm³/mol. The molecule has 0 spiro atoms. The van der Waals surface area contributed by atoms with Gasteiger partial charge in [-0.15, -0.1) is 6.42 Å². The normalized spacial score (nSPS) is 23.8. The highest BCUT2D eigenvalue weighted by Crippen LogP contribution is 2.03. The van der Waals surface area contributed by atoms with Gasteiger partial charge in [0, 0.05) is 13.1 Å². The molecule has 1 saturated heterocycles. The first kappa shape index (κ1) is 9.08. The van der Waals surface area contributed by atoms with E-state index >= 15 is 0 Å². The molecule has 0 bridgehead atoms. The van der Waals surface area contributed by atoms with Gasteiger partial charge in [-0.05, 0) is 6.42 Å². The minimum Gasteiger partial charge on any atom is -0.329 e. The largest absolute Gasteiger partial charge is 0.329 e. The molecule has 1 aliphatic heterocycles. The summed E-state index contributed by atoms with van der Waals surface area (Å²) >= 11 is 0. The first-order valence-electron chi connectivity index (χ1n) is 4.25. The van der Waals surface area contributed by atoms with Crippen molar-refractivity contribution in [1.29, 1.82) is 0 Å². The van der Waals surface area contributed by atoms with E-state index in [1.807, 2.05) is 6.92 Å². The van der Waals surface area contributed by atoms with E-state index in [1.165, 1.54) is 0 Å². The fraction of sp³-hybridized carbons (Fsp3) is 0.667. The van der Waals surface area contributed by atoms with Crippen molar-refractivity contribution in [2.24, 2.45) is 0 Å². The maximum Gasteiger partial charge on any atom is 0.240 e. The minimum absolute atomic E-state index is 0.0212. The molecular weight excluding hydrogens is 152 g/mol. The molecule has 1 atom stereocenters. The molecule has 12 heavy (non-hydrogen) atoms. The molecule has 1 heterocycles. The molecule has 0 saturated carbocycles. The SMILES string of the molecule is C#CCN1CCNC(CC)C1=O. The van der Waals surface area contributed by atoms with Crippen LogP contribution >= 0.6 is 0 Å². The summed E-state index contributed by atoms with van der Waals surface area (Å²) in [5, 5.41) is 3.15. The first-order valence-corrected chi connectivity index (χ1v) is 4.25. The van der Waals surface area contributed by atoms with E-state index < -0.39 is 0 Å². The van der Waals surface area contributed by atoms with Crippen molar-refractivity contribution in [2.45, 2.75) is 19.4 Å². The van der Waals surface area contributed by atoms with Crippen LogP contribution in [0.15, 0.2) is 0 Å². The van der Waals surface area contributed by atoms with E-state index in [0.717, 1.165) is 19.5 Å². The van der Waals surface area contributed by atoms with Crippen molar-refractivity contribution in [3.8, 4) is 12.3 Å². The number of hydrogen-bond donors (Lipinski definition) is 1. The lowest BCUT2D eigenvalue weighted by Gasteiger charge is -2.31. The molecule has 66 valence electrons. The fourth-order valence-electron chi connectivity index (χ4n) is 1.38. The van der Waals surface area contributed by atoms with Gasteiger partial charge in [0.1, 0.15) is 0 Å². The molecule has 3 heteroatoms. The molecule has 0 aromatic rings. The molecule has 1 amide bonds. The summed E-state index contributed by atoms with van der Waals surface area (Å²) < 4.78 is 0. The second-order valence-electron chi connectivity index (χ2n) is 2.88. The summed E-state index contributed by atoms with van der Waals surface area (Å²) in [7, 11) is 0. The van der Waals surface area contributed by atoms with Gasteiger partial charge in [-0.3, -0.25) is 4.79 Å². The summed E-state index contributed by atoms with van der Waals surface area (Å²) in [5.41, 5.74) is 0. The number of nitrogens with one attached hydrogen (secondary N) is 1. The Morgan fingerprint density at radius 1 is 1.83 bits per heavy atom. The van der Waals surface area contributed by atoms with Gasteiger partial charge < -0.3 is 10.2 Å². The second kappa shape index (κ2) is 4.13. The Kier molecular flexibility index (Phi) is 3.12. The van der Waals surface area contributed by atoms with Crippen molar-refractivity contribution in [3.05, 3.63) is 0 Å². The highest BCUT2D eigenvalue weighted by atomic mass is 16.2. The first-order chi connectivity index (χ1) is 5.79. The van der Waals surface area contributed by atoms with Crippen LogP contribution in [0.3, 0.4) is 0 Å². The zero-order valence-corrected chi connectivity index (χ0v) is 7.34. The molecule has 0 radical (unpaired) electrons.